The van der Waals surface area contributed by atoms with Gasteiger partial charge in [-0.1, -0.05) is 17.7 Å². The highest BCUT2D eigenvalue weighted by Crippen LogP contribution is 2.19. The Hall–Kier alpha value is -1.75. The van der Waals surface area contributed by atoms with E-state index in [4.69, 9.17) is 10.5 Å². The first-order chi connectivity index (χ1) is 8.13. The molecule has 0 saturated heterocycles. The van der Waals surface area contributed by atoms with Crippen molar-refractivity contribution >= 4 is 6.09 Å². The van der Waals surface area contributed by atoms with Gasteiger partial charge in [-0.15, -0.1) is 0 Å². The van der Waals surface area contributed by atoms with Gasteiger partial charge in [0.1, 0.15) is 12.4 Å². The summed E-state index contributed by atoms with van der Waals surface area (Å²) in [5.74, 6) is 0.846. The molecule has 0 heterocycles. The summed E-state index contributed by atoms with van der Waals surface area (Å²) >= 11 is 0. The minimum atomic E-state index is -0.750. The van der Waals surface area contributed by atoms with Crippen LogP contribution in [-0.2, 0) is 11.3 Å². The van der Waals surface area contributed by atoms with Gasteiger partial charge in [-0.3, -0.25) is 0 Å². The van der Waals surface area contributed by atoms with Crippen molar-refractivity contribution in [3.05, 3.63) is 29.3 Å². The smallest absolute Gasteiger partial charge is 0.404 e. The maximum absolute atomic E-state index is 10.3. The first-order valence-corrected chi connectivity index (χ1v) is 5.40. The van der Waals surface area contributed by atoms with Crippen molar-refractivity contribution < 1.29 is 14.3 Å². The molecule has 1 rings (SSSR count). The molecule has 94 valence electrons. The van der Waals surface area contributed by atoms with Crippen LogP contribution in [0.5, 0.6) is 5.75 Å². The molecule has 0 aliphatic rings. The van der Waals surface area contributed by atoms with Crippen molar-refractivity contribution in [2.75, 3.05) is 20.3 Å². The van der Waals surface area contributed by atoms with Crippen LogP contribution in [0.4, 0.5) is 4.79 Å². The molecule has 0 radical (unpaired) electrons. The van der Waals surface area contributed by atoms with Crippen LogP contribution in [0.3, 0.4) is 0 Å². The van der Waals surface area contributed by atoms with Crippen LogP contribution in [-0.4, -0.2) is 26.4 Å². The Balaban J connectivity index is 2.40. The monoisotopic (exact) mass is 238 g/mol. The van der Waals surface area contributed by atoms with E-state index in [1.54, 1.807) is 7.11 Å². The van der Waals surface area contributed by atoms with E-state index < -0.39 is 6.09 Å². The predicted molar refractivity (Wildman–Crippen MR) is 65.0 cm³/mol. The third-order valence-electron chi connectivity index (χ3n) is 2.27. The number of hydrogen-bond donors (Lipinski definition) is 2. The van der Waals surface area contributed by atoms with E-state index in [1.165, 1.54) is 5.56 Å². The van der Waals surface area contributed by atoms with Crippen molar-refractivity contribution in [1.82, 2.24) is 5.32 Å². The average molecular weight is 238 g/mol. The molecule has 1 amide bonds. The van der Waals surface area contributed by atoms with Crippen molar-refractivity contribution in [2.45, 2.75) is 13.5 Å². The number of carbonyl (C=O) groups excluding carboxylic acids is 1. The molecule has 3 N–H and O–H groups in total. The van der Waals surface area contributed by atoms with Gasteiger partial charge in [-0.2, -0.15) is 0 Å². The van der Waals surface area contributed by atoms with E-state index in [0.29, 0.717) is 13.1 Å². The van der Waals surface area contributed by atoms with Crippen LogP contribution in [0.25, 0.3) is 0 Å². The minimum Gasteiger partial charge on any atom is -0.496 e. The molecule has 5 nitrogen and oxygen atoms in total. The number of nitrogens with one attached hydrogen (secondary N) is 1. The Bertz CT molecular complexity index is 380. The van der Waals surface area contributed by atoms with Crippen LogP contribution < -0.4 is 15.8 Å². The number of nitrogens with two attached hydrogens (primary N) is 1. The fraction of sp³-hybridized carbons (Fsp3) is 0.417. The third kappa shape index (κ3) is 4.74. The molecule has 0 bridgehead atoms. The van der Waals surface area contributed by atoms with E-state index in [1.807, 2.05) is 19.1 Å². The van der Waals surface area contributed by atoms with E-state index >= 15 is 0 Å². The summed E-state index contributed by atoms with van der Waals surface area (Å²) in [5.41, 5.74) is 7.09. The fourth-order valence-corrected chi connectivity index (χ4v) is 1.49. The largest absolute Gasteiger partial charge is 0.496 e. The number of primary amides is 1. The second-order valence-corrected chi connectivity index (χ2v) is 3.66. The second kappa shape index (κ2) is 6.75. The van der Waals surface area contributed by atoms with Crippen LogP contribution in [0.2, 0.25) is 0 Å². The lowest BCUT2D eigenvalue weighted by molar-refractivity contribution is 0.157. The standard InChI is InChI=1S/C12H18N2O3/c1-9-3-4-11(16-2)10(7-9)8-14-5-6-17-12(13)15/h3-4,7,14H,5-6,8H2,1-2H3,(H2,13,15). The highest BCUT2D eigenvalue weighted by Gasteiger charge is 2.02. The summed E-state index contributed by atoms with van der Waals surface area (Å²) < 4.78 is 9.86. The molecular formula is C12H18N2O3. The fourth-order valence-electron chi connectivity index (χ4n) is 1.49. The summed E-state index contributed by atoms with van der Waals surface area (Å²) in [6, 6.07) is 5.99. The van der Waals surface area contributed by atoms with Gasteiger partial charge in [-0.25, -0.2) is 4.79 Å². The third-order valence-corrected chi connectivity index (χ3v) is 2.27. The summed E-state index contributed by atoms with van der Waals surface area (Å²) in [6.07, 6.45) is -0.750. The number of aryl methyl sites for hydroxylation is 1. The maximum Gasteiger partial charge on any atom is 0.404 e. The molecule has 0 saturated carbocycles. The first kappa shape index (κ1) is 13.3. The molecule has 0 spiro atoms. The molecule has 0 aliphatic carbocycles. The van der Waals surface area contributed by atoms with Crippen LogP contribution in [0.1, 0.15) is 11.1 Å². The van der Waals surface area contributed by atoms with Gasteiger partial charge >= 0.3 is 6.09 Å². The molecular weight excluding hydrogens is 220 g/mol. The van der Waals surface area contributed by atoms with Gasteiger partial charge in [0.25, 0.3) is 0 Å². The number of hydrogen-bond acceptors (Lipinski definition) is 4. The quantitative estimate of drug-likeness (QED) is 0.730. The molecule has 5 heteroatoms. The normalized spacial score (nSPS) is 10.0. The van der Waals surface area contributed by atoms with Crippen molar-refractivity contribution in [1.29, 1.82) is 0 Å². The number of amides is 1. The first-order valence-electron chi connectivity index (χ1n) is 5.40. The average Bonchev–Trinajstić information content (AvgIpc) is 2.28. The van der Waals surface area contributed by atoms with Gasteiger partial charge in [-0.05, 0) is 13.0 Å². The lowest BCUT2D eigenvalue weighted by atomic mass is 10.1. The molecule has 0 aromatic heterocycles. The molecule has 17 heavy (non-hydrogen) atoms. The van der Waals surface area contributed by atoms with Crippen molar-refractivity contribution in [3.8, 4) is 5.75 Å². The zero-order chi connectivity index (χ0) is 12.7. The van der Waals surface area contributed by atoms with E-state index in [-0.39, 0.29) is 6.61 Å². The van der Waals surface area contributed by atoms with Crippen LogP contribution >= 0.6 is 0 Å². The van der Waals surface area contributed by atoms with Gasteiger partial charge < -0.3 is 20.5 Å². The summed E-state index contributed by atoms with van der Waals surface area (Å²) in [5, 5.41) is 3.15. The Kier molecular flexibility index (Phi) is 5.29. The van der Waals surface area contributed by atoms with Crippen molar-refractivity contribution in [2.24, 2.45) is 5.73 Å². The molecule has 0 aliphatic heterocycles. The number of benzene rings is 1. The molecule has 1 aromatic rings. The minimum absolute atomic E-state index is 0.267. The predicted octanol–water partition coefficient (Wildman–Crippen LogP) is 1.19. The topological polar surface area (TPSA) is 73.6 Å². The Morgan fingerprint density at radius 2 is 2.24 bits per heavy atom. The van der Waals surface area contributed by atoms with Gasteiger partial charge in [0.15, 0.2) is 0 Å². The Morgan fingerprint density at radius 3 is 2.88 bits per heavy atom. The summed E-state index contributed by atoms with van der Waals surface area (Å²) in [4.78, 5) is 10.3. The molecule has 0 fully saturated rings. The lowest BCUT2D eigenvalue weighted by Crippen LogP contribution is -2.23. The number of ether oxygens (including phenoxy) is 2. The van der Waals surface area contributed by atoms with Crippen LogP contribution in [0, 0.1) is 6.92 Å². The zero-order valence-corrected chi connectivity index (χ0v) is 10.2. The summed E-state index contributed by atoms with van der Waals surface area (Å²) in [6.45, 7) is 3.51. The van der Waals surface area contributed by atoms with E-state index in [0.717, 1.165) is 11.3 Å². The zero-order valence-electron chi connectivity index (χ0n) is 10.2. The highest BCUT2D eigenvalue weighted by atomic mass is 16.5. The van der Waals surface area contributed by atoms with Crippen molar-refractivity contribution in [3.63, 3.8) is 0 Å². The van der Waals surface area contributed by atoms with Gasteiger partial charge in [0.2, 0.25) is 0 Å². The van der Waals surface area contributed by atoms with E-state index in [2.05, 4.69) is 16.1 Å². The second-order valence-electron chi connectivity index (χ2n) is 3.66. The van der Waals surface area contributed by atoms with Gasteiger partial charge in [0, 0.05) is 18.7 Å². The Labute approximate surface area is 101 Å². The number of rotatable bonds is 6. The van der Waals surface area contributed by atoms with E-state index in [9.17, 15) is 4.79 Å². The molecule has 0 unspecified atom stereocenters. The Morgan fingerprint density at radius 1 is 1.47 bits per heavy atom. The number of methoxy groups -OCH3 is 1. The van der Waals surface area contributed by atoms with Crippen LogP contribution in [0.15, 0.2) is 18.2 Å². The maximum atomic E-state index is 10.3. The SMILES string of the molecule is COc1ccc(C)cc1CNCCOC(N)=O. The number of carbonyl (C=O) groups is 1. The lowest BCUT2D eigenvalue weighted by Gasteiger charge is -2.10. The molecule has 0 atom stereocenters. The summed E-state index contributed by atoms with van der Waals surface area (Å²) in [7, 11) is 1.64. The molecule has 1 aromatic carbocycles. The van der Waals surface area contributed by atoms with Gasteiger partial charge in [0.05, 0.1) is 7.11 Å². The highest BCUT2D eigenvalue weighted by molar-refractivity contribution is 5.64.